The fourth-order valence-corrected chi connectivity index (χ4v) is 4.74. The third-order valence-corrected chi connectivity index (χ3v) is 6.66. The number of carbonyl (C=O) groups is 1. The Labute approximate surface area is 232 Å². The second-order valence-electron chi connectivity index (χ2n) is 10.4. The Morgan fingerprint density at radius 2 is 1.85 bits per heavy atom. The van der Waals surface area contributed by atoms with Gasteiger partial charge in [0.05, 0.1) is 23.3 Å². The maximum absolute atomic E-state index is 11.8. The first-order chi connectivity index (χ1) is 19.2. The molecule has 206 valence electrons. The number of fused-ring (bicyclic) bond motifs is 1. The van der Waals surface area contributed by atoms with Crippen molar-refractivity contribution in [3.63, 3.8) is 0 Å². The van der Waals surface area contributed by atoms with Crippen molar-refractivity contribution in [2.24, 2.45) is 0 Å². The molecule has 0 atom stereocenters. The Kier molecular flexibility index (Phi) is 7.20. The van der Waals surface area contributed by atoms with E-state index in [0.717, 1.165) is 39.2 Å². The lowest BCUT2D eigenvalue weighted by Gasteiger charge is -2.25. The number of nitrogens with two attached hydrogens (primary N) is 1. The van der Waals surface area contributed by atoms with E-state index in [-0.39, 0.29) is 17.4 Å². The summed E-state index contributed by atoms with van der Waals surface area (Å²) in [5, 5.41) is 4.38. The van der Waals surface area contributed by atoms with Crippen LogP contribution in [0.2, 0.25) is 0 Å². The second-order valence-corrected chi connectivity index (χ2v) is 10.4. The van der Waals surface area contributed by atoms with Gasteiger partial charge < -0.3 is 19.9 Å². The zero-order valence-electron chi connectivity index (χ0n) is 23.4. The quantitative estimate of drug-likeness (QED) is 0.308. The zero-order chi connectivity index (χ0) is 28.4. The number of benzene rings is 2. The van der Waals surface area contributed by atoms with Crippen LogP contribution >= 0.6 is 0 Å². The highest BCUT2D eigenvalue weighted by Crippen LogP contribution is 2.37. The van der Waals surface area contributed by atoms with Crippen molar-refractivity contribution in [3.8, 4) is 34.0 Å². The molecule has 0 aliphatic rings. The van der Waals surface area contributed by atoms with Crippen LogP contribution in [0.4, 0.5) is 5.95 Å². The van der Waals surface area contributed by atoms with Crippen molar-refractivity contribution < 1.29 is 9.53 Å². The molecule has 40 heavy (non-hydrogen) atoms. The molecule has 0 saturated carbocycles. The average molecular weight is 540 g/mol. The van der Waals surface area contributed by atoms with E-state index in [1.165, 1.54) is 6.33 Å². The van der Waals surface area contributed by atoms with Crippen LogP contribution in [0.1, 0.15) is 34.6 Å². The van der Waals surface area contributed by atoms with Gasteiger partial charge in [0, 0.05) is 42.5 Å². The molecule has 11 nitrogen and oxygen atoms in total. The normalized spacial score (nSPS) is 11.6. The molecule has 0 aliphatic heterocycles. The molecule has 5 rings (SSSR count). The van der Waals surface area contributed by atoms with Gasteiger partial charge in [0.1, 0.15) is 30.8 Å². The van der Waals surface area contributed by atoms with Gasteiger partial charge in [-0.25, -0.2) is 24.6 Å². The number of rotatable bonds is 8. The molecule has 0 unspecified atom stereocenters. The number of hydrogen-bond acceptors (Lipinski definition) is 8. The van der Waals surface area contributed by atoms with Gasteiger partial charge >= 0.3 is 0 Å². The maximum Gasteiger partial charge on any atom is 0.219 e. The fraction of sp³-hybridized carbons (Fsp3) is 0.310. The summed E-state index contributed by atoms with van der Waals surface area (Å²) in [5.41, 5.74) is 10.7. The number of aromatic nitrogens is 7. The number of amides is 1. The molecule has 1 amide bonds. The molecular weight excluding hydrogens is 506 g/mol. The molecule has 2 aromatic carbocycles. The molecule has 3 aromatic heterocycles. The minimum atomic E-state index is -0.296. The van der Waals surface area contributed by atoms with Gasteiger partial charge in [-0.2, -0.15) is 5.10 Å². The van der Waals surface area contributed by atoms with Crippen LogP contribution in [0.3, 0.4) is 0 Å². The molecule has 5 aromatic rings. The van der Waals surface area contributed by atoms with Crippen LogP contribution in [0.25, 0.3) is 39.2 Å². The second kappa shape index (κ2) is 10.8. The number of carbonyl (C=O) groups excluding carboxylic acids is 1. The van der Waals surface area contributed by atoms with E-state index in [4.69, 9.17) is 15.5 Å². The predicted molar refractivity (Wildman–Crippen MR) is 154 cm³/mol. The van der Waals surface area contributed by atoms with Crippen molar-refractivity contribution in [1.82, 2.24) is 39.2 Å². The summed E-state index contributed by atoms with van der Waals surface area (Å²) in [6.07, 6.45) is 6.58. The Morgan fingerprint density at radius 1 is 1.07 bits per heavy atom. The van der Waals surface area contributed by atoms with E-state index >= 15 is 0 Å². The Hall–Kier alpha value is -4.80. The standard InChI is InChI=1S/C29H33N9O2/c1-6-36(19(2)39)11-12-40-22-8-10-25(37-18-31-17-34-37)23(14-22)27-35-24-13-20(21-15-32-28(30)33-16-21)7-9-26(24)38(27)29(3,4)5/h7-10,13-18H,6,11-12H2,1-5H3,(H2,30,32,33). The van der Waals surface area contributed by atoms with Crippen molar-refractivity contribution in [1.29, 1.82) is 0 Å². The van der Waals surface area contributed by atoms with Crippen LogP contribution < -0.4 is 10.5 Å². The number of nitrogens with zero attached hydrogens (tertiary/aromatic N) is 8. The number of anilines is 1. The first-order valence-corrected chi connectivity index (χ1v) is 13.1. The Bertz CT molecular complexity index is 1640. The van der Waals surface area contributed by atoms with Gasteiger partial charge in [-0.05, 0) is 63.6 Å². The average Bonchev–Trinajstić information content (AvgIpc) is 3.59. The third-order valence-electron chi connectivity index (χ3n) is 6.66. The van der Waals surface area contributed by atoms with E-state index in [0.29, 0.717) is 25.4 Å². The van der Waals surface area contributed by atoms with Crippen LogP contribution in [-0.4, -0.2) is 64.8 Å². The lowest BCUT2D eigenvalue weighted by molar-refractivity contribution is -0.129. The summed E-state index contributed by atoms with van der Waals surface area (Å²) in [5.74, 6) is 1.70. The summed E-state index contributed by atoms with van der Waals surface area (Å²) in [7, 11) is 0. The van der Waals surface area contributed by atoms with Gasteiger partial charge in [-0.15, -0.1) is 0 Å². The monoisotopic (exact) mass is 539 g/mol. The van der Waals surface area contributed by atoms with Gasteiger partial charge in [-0.1, -0.05) is 6.07 Å². The molecule has 0 aliphatic carbocycles. The van der Waals surface area contributed by atoms with E-state index in [1.54, 1.807) is 35.2 Å². The third kappa shape index (κ3) is 5.35. The van der Waals surface area contributed by atoms with Crippen LogP contribution in [0, 0.1) is 0 Å². The van der Waals surface area contributed by atoms with Gasteiger partial charge in [0.25, 0.3) is 0 Å². The van der Waals surface area contributed by atoms with Gasteiger partial charge in [-0.3, -0.25) is 4.79 Å². The summed E-state index contributed by atoms with van der Waals surface area (Å²) >= 11 is 0. The van der Waals surface area contributed by atoms with Crippen LogP contribution in [0.5, 0.6) is 5.75 Å². The number of imidazole rings is 1. The summed E-state index contributed by atoms with van der Waals surface area (Å²) in [4.78, 5) is 31.1. The highest BCUT2D eigenvalue weighted by atomic mass is 16.5. The molecule has 0 radical (unpaired) electrons. The summed E-state index contributed by atoms with van der Waals surface area (Å²) in [6, 6.07) is 12.0. The summed E-state index contributed by atoms with van der Waals surface area (Å²) < 4.78 is 10.1. The molecule has 11 heteroatoms. The van der Waals surface area contributed by atoms with Crippen molar-refractivity contribution in [3.05, 3.63) is 61.4 Å². The van der Waals surface area contributed by atoms with E-state index in [9.17, 15) is 4.79 Å². The molecule has 0 fully saturated rings. The highest BCUT2D eigenvalue weighted by molar-refractivity contribution is 5.87. The Balaban J connectivity index is 1.62. The largest absolute Gasteiger partial charge is 0.492 e. The zero-order valence-corrected chi connectivity index (χ0v) is 23.4. The fourth-order valence-electron chi connectivity index (χ4n) is 4.74. The molecule has 3 heterocycles. The van der Waals surface area contributed by atoms with Crippen LogP contribution in [-0.2, 0) is 10.3 Å². The number of hydrogen-bond donors (Lipinski definition) is 1. The van der Waals surface area contributed by atoms with E-state index < -0.39 is 0 Å². The molecular formula is C29H33N9O2. The minimum absolute atomic E-state index is 0.0251. The van der Waals surface area contributed by atoms with E-state index in [2.05, 4.69) is 51.5 Å². The van der Waals surface area contributed by atoms with Crippen molar-refractivity contribution in [2.75, 3.05) is 25.4 Å². The first-order valence-electron chi connectivity index (χ1n) is 13.1. The topological polar surface area (TPSA) is 130 Å². The van der Waals surface area contributed by atoms with Crippen molar-refractivity contribution in [2.45, 2.75) is 40.2 Å². The Morgan fingerprint density at radius 3 is 2.50 bits per heavy atom. The highest BCUT2D eigenvalue weighted by Gasteiger charge is 2.25. The van der Waals surface area contributed by atoms with Gasteiger partial charge in [0.2, 0.25) is 11.9 Å². The predicted octanol–water partition coefficient (Wildman–Crippen LogP) is 4.33. The lowest BCUT2D eigenvalue weighted by atomic mass is 10.0. The van der Waals surface area contributed by atoms with Crippen LogP contribution in [0.15, 0.2) is 61.4 Å². The lowest BCUT2D eigenvalue weighted by Crippen LogP contribution is -2.32. The number of ether oxygens (including phenoxy) is 1. The summed E-state index contributed by atoms with van der Waals surface area (Å²) in [6.45, 7) is 11.5. The van der Waals surface area contributed by atoms with Gasteiger partial charge in [0.15, 0.2) is 0 Å². The number of likely N-dealkylation sites (N-methyl/N-ethyl adjacent to an activating group) is 1. The molecule has 0 saturated heterocycles. The van der Waals surface area contributed by atoms with Crippen molar-refractivity contribution >= 4 is 22.9 Å². The molecule has 0 bridgehead atoms. The molecule has 0 spiro atoms. The number of nitrogen functional groups attached to an aromatic ring is 1. The minimum Gasteiger partial charge on any atom is -0.492 e. The molecule has 2 N–H and O–H groups in total. The van der Waals surface area contributed by atoms with E-state index in [1.807, 2.05) is 37.3 Å². The smallest absolute Gasteiger partial charge is 0.219 e. The first kappa shape index (κ1) is 26.8. The maximum atomic E-state index is 11.8. The SMILES string of the molecule is CCN(CCOc1ccc(-n2cncn2)c(-c2nc3cc(-c4cnc(N)nc4)ccc3n2C(C)(C)C)c1)C(C)=O.